The summed E-state index contributed by atoms with van der Waals surface area (Å²) < 4.78 is 5.88. The van der Waals surface area contributed by atoms with E-state index in [1.165, 1.54) is 16.7 Å². The summed E-state index contributed by atoms with van der Waals surface area (Å²) in [6, 6.07) is 14.1. The van der Waals surface area contributed by atoms with E-state index in [9.17, 15) is 0 Å². The zero-order valence-electron chi connectivity index (χ0n) is 11.9. The number of benzene rings is 2. The summed E-state index contributed by atoms with van der Waals surface area (Å²) in [6.45, 7) is 5.16. The highest BCUT2D eigenvalue weighted by Crippen LogP contribution is 2.18. The Balaban J connectivity index is 2.11. The van der Waals surface area contributed by atoms with Crippen LogP contribution >= 0.6 is 0 Å². The summed E-state index contributed by atoms with van der Waals surface area (Å²) in [5, 5.41) is 0. The molecule has 0 spiro atoms. The van der Waals surface area contributed by atoms with E-state index in [1.807, 2.05) is 24.3 Å². The molecule has 0 saturated carbocycles. The fourth-order valence-electron chi connectivity index (χ4n) is 2.05. The van der Waals surface area contributed by atoms with Crippen molar-refractivity contribution in [1.29, 1.82) is 0 Å². The average molecular weight is 265 g/mol. The lowest BCUT2D eigenvalue weighted by Crippen LogP contribution is -2.00. The lowest BCUT2D eigenvalue weighted by atomic mass is 10.0. The number of aryl methyl sites for hydroxylation is 2. The molecule has 0 fully saturated rings. The largest absolute Gasteiger partial charge is 0.489 e. The van der Waals surface area contributed by atoms with Crippen LogP contribution in [0.1, 0.15) is 22.3 Å². The van der Waals surface area contributed by atoms with Crippen molar-refractivity contribution in [3.05, 3.63) is 64.7 Å². The molecule has 0 radical (unpaired) electrons. The van der Waals surface area contributed by atoms with Gasteiger partial charge in [0.25, 0.3) is 0 Å². The summed E-state index contributed by atoms with van der Waals surface area (Å²) in [7, 11) is 0. The van der Waals surface area contributed by atoms with Gasteiger partial charge in [0.15, 0.2) is 0 Å². The van der Waals surface area contributed by atoms with E-state index in [1.54, 1.807) is 0 Å². The van der Waals surface area contributed by atoms with Gasteiger partial charge in [-0.15, -0.1) is 0 Å². The number of hydrogen-bond acceptors (Lipinski definition) is 2. The molecule has 0 saturated heterocycles. The molecule has 0 aliphatic carbocycles. The minimum Gasteiger partial charge on any atom is -0.489 e. The topological polar surface area (TPSA) is 35.2 Å². The lowest BCUT2D eigenvalue weighted by Gasteiger charge is -2.11. The first-order valence-electron chi connectivity index (χ1n) is 6.67. The molecule has 2 heteroatoms. The summed E-state index contributed by atoms with van der Waals surface area (Å²) >= 11 is 0. The maximum atomic E-state index is 5.88. The molecule has 2 rings (SSSR count). The fourth-order valence-corrected chi connectivity index (χ4v) is 2.05. The van der Waals surface area contributed by atoms with Gasteiger partial charge in [0, 0.05) is 5.56 Å². The Morgan fingerprint density at radius 2 is 1.75 bits per heavy atom. The molecule has 0 bridgehead atoms. The molecular weight excluding hydrogens is 246 g/mol. The van der Waals surface area contributed by atoms with Crippen LogP contribution in [0, 0.1) is 25.7 Å². The number of nitrogens with two attached hydrogens (primary N) is 1. The highest BCUT2D eigenvalue weighted by atomic mass is 16.5. The third-order valence-electron chi connectivity index (χ3n) is 3.20. The fraction of sp³-hybridized carbons (Fsp3) is 0.222. The zero-order valence-corrected chi connectivity index (χ0v) is 11.9. The van der Waals surface area contributed by atoms with Crippen LogP contribution in [0.4, 0.5) is 0 Å². The van der Waals surface area contributed by atoms with Gasteiger partial charge in [-0.1, -0.05) is 36.1 Å². The van der Waals surface area contributed by atoms with Crippen LogP contribution in [0.5, 0.6) is 5.75 Å². The normalized spacial score (nSPS) is 9.75. The van der Waals surface area contributed by atoms with Gasteiger partial charge in [-0.25, -0.2) is 0 Å². The molecule has 0 aliphatic rings. The third-order valence-corrected chi connectivity index (χ3v) is 3.20. The highest BCUT2D eigenvalue weighted by molar-refractivity contribution is 5.40. The Morgan fingerprint density at radius 1 is 1.05 bits per heavy atom. The van der Waals surface area contributed by atoms with E-state index < -0.39 is 0 Å². The molecule has 0 amide bonds. The molecular formula is C18H19NO. The van der Waals surface area contributed by atoms with Crippen LogP contribution in [-0.4, -0.2) is 6.54 Å². The molecule has 0 aliphatic heterocycles. The maximum absolute atomic E-state index is 5.88. The van der Waals surface area contributed by atoms with E-state index in [-0.39, 0.29) is 0 Å². The first-order valence-corrected chi connectivity index (χ1v) is 6.67. The van der Waals surface area contributed by atoms with E-state index >= 15 is 0 Å². The Kier molecular flexibility index (Phi) is 4.81. The van der Waals surface area contributed by atoms with Gasteiger partial charge in [-0.3, -0.25) is 0 Å². The molecule has 0 heterocycles. The predicted molar refractivity (Wildman–Crippen MR) is 82.6 cm³/mol. The first kappa shape index (κ1) is 14.2. The van der Waals surface area contributed by atoms with Crippen molar-refractivity contribution in [3.63, 3.8) is 0 Å². The quantitative estimate of drug-likeness (QED) is 0.865. The number of hydrogen-bond donors (Lipinski definition) is 1. The van der Waals surface area contributed by atoms with Crippen molar-refractivity contribution in [1.82, 2.24) is 0 Å². The monoisotopic (exact) mass is 265 g/mol. The molecule has 0 atom stereocenters. The molecule has 2 N–H and O–H groups in total. The van der Waals surface area contributed by atoms with Crippen LogP contribution in [0.3, 0.4) is 0 Å². The van der Waals surface area contributed by atoms with Gasteiger partial charge < -0.3 is 10.5 Å². The van der Waals surface area contributed by atoms with Gasteiger partial charge in [0.2, 0.25) is 0 Å². The number of ether oxygens (including phenoxy) is 1. The molecule has 2 nitrogen and oxygen atoms in total. The van der Waals surface area contributed by atoms with Crippen LogP contribution in [0.25, 0.3) is 0 Å². The van der Waals surface area contributed by atoms with Gasteiger partial charge in [-0.05, 0) is 48.7 Å². The van der Waals surface area contributed by atoms with E-state index in [4.69, 9.17) is 10.5 Å². The highest BCUT2D eigenvalue weighted by Gasteiger charge is 2.03. The Bertz CT molecular complexity index is 630. The van der Waals surface area contributed by atoms with Crippen LogP contribution < -0.4 is 10.5 Å². The van der Waals surface area contributed by atoms with E-state index in [0.29, 0.717) is 13.2 Å². The van der Waals surface area contributed by atoms with Crippen molar-refractivity contribution in [3.8, 4) is 17.6 Å². The molecule has 20 heavy (non-hydrogen) atoms. The van der Waals surface area contributed by atoms with Crippen LogP contribution in [-0.2, 0) is 6.61 Å². The van der Waals surface area contributed by atoms with Gasteiger partial charge >= 0.3 is 0 Å². The second-order valence-electron chi connectivity index (χ2n) is 4.69. The summed E-state index contributed by atoms with van der Waals surface area (Å²) in [5.41, 5.74) is 10.1. The first-order chi connectivity index (χ1) is 9.70. The van der Waals surface area contributed by atoms with Crippen molar-refractivity contribution in [2.24, 2.45) is 5.73 Å². The Morgan fingerprint density at radius 3 is 2.45 bits per heavy atom. The number of rotatable bonds is 3. The zero-order chi connectivity index (χ0) is 14.4. The maximum Gasteiger partial charge on any atom is 0.121 e. The smallest absolute Gasteiger partial charge is 0.121 e. The lowest BCUT2D eigenvalue weighted by molar-refractivity contribution is 0.304. The third kappa shape index (κ3) is 3.63. The van der Waals surface area contributed by atoms with Crippen LogP contribution in [0.2, 0.25) is 0 Å². The van der Waals surface area contributed by atoms with Gasteiger partial charge in [0.1, 0.15) is 12.4 Å². The molecule has 2 aromatic rings. The van der Waals surface area contributed by atoms with Gasteiger partial charge in [0.05, 0.1) is 6.54 Å². The summed E-state index contributed by atoms with van der Waals surface area (Å²) in [6.07, 6.45) is 0. The molecule has 102 valence electrons. The predicted octanol–water partition coefficient (Wildman–Crippen LogP) is 3.19. The second-order valence-corrected chi connectivity index (χ2v) is 4.69. The van der Waals surface area contributed by atoms with E-state index in [0.717, 1.165) is 11.3 Å². The second kappa shape index (κ2) is 6.79. The summed E-state index contributed by atoms with van der Waals surface area (Å²) in [5.74, 6) is 6.69. The van der Waals surface area contributed by atoms with E-state index in [2.05, 4.69) is 43.9 Å². The Labute approximate surface area is 120 Å². The van der Waals surface area contributed by atoms with Crippen molar-refractivity contribution >= 4 is 0 Å². The minimum atomic E-state index is 0.369. The average Bonchev–Trinajstić information content (AvgIpc) is 2.45. The van der Waals surface area contributed by atoms with Crippen molar-refractivity contribution in [2.45, 2.75) is 20.5 Å². The Hall–Kier alpha value is -2.24. The SMILES string of the molecule is Cc1cccc(C)c1COc1cccc(C#CCN)c1. The standard InChI is InChI=1S/C18H19NO/c1-14-6-3-7-15(2)18(14)13-20-17-10-4-8-16(12-17)9-5-11-19/h3-4,6-8,10,12H,11,13,19H2,1-2H3. The minimum absolute atomic E-state index is 0.369. The molecule has 2 aromatic carbocycles. The molecule has 0 aromatic heterocycles. The van der Waals surface area contributed by atoms with Crippen LogP contribution in [0.15, 0.2) is 42.5 Å². The van der Waals surface area contributed by atoms with Gasteiger partial charge in [-0.2, -0.15) is 0 Å². The molecule has 0 unspecified atom stereocenters. The van der Waals surface area contributed by atoms with Crippen molar-refractivity contribution in [2.75, 3.05) is 6.54 Å². The van der Waals surface area contributed by atoms with Crippen molar-refractivity contribution < 1.29 is 4.74 Å². The summed E-state index contributed by atoms with van der Waals surface area (Å²) in [4.78, 5) is 0.